The van der Waals surface area contributed by atoms with Crippen LogP contribution in [-0.4, -0.2) is 49.1 Å². The van der Waals surface area contributed by atoms with Gasteiger partial charge >= 0.3 is 12.1 Å². The number of hydrogen-bond donors (Lipinski definition) is 1. The van der Waals surface area contributed by atoms with Crippen molar-refractivity contribution >= 4 is 18.0 Å². The molecule has 0 spiro atoms. The number of fused-ring (bicyclic) bond motifs is 2. The van der Waals surface area contributed by atoms with Crippen LogP contribution in [-0.2, 0) is 25.7 Å². The average molecular weight is 388 g/mol. The van der Waals surface area contributed by atoms with E-state index in [2.05, 4.69) is 5.32 Å². The zero-order chi connectivity index (χ0) is 20.1. The van der Waals surface area contributed by atoms with E-state index in [1.807, 2.05) is 30.3 Å². The molecule has 0 saturated heterocycles. The van der Waals surface area contributed by atoms with Crippen molar-refractivity contribution in [1.29, 1.82) is 0 Å². The molecule has 0 radical (unpaired) electrons. The third kappa shape index (κ3) is 4.64. The van der Waals surface area contributed by atoms with E-state index in [4.69, 9.17) is 9.47 Å². The van der Waals surface area contributed by atoms with Crippen molar-refractivity contribution in [3.8, 4) is 0 Å². The predicted octanol–water partition coefficient (Wildman–Crippen LogP) is 2.35. The Kier molecular flexibility index (Phi) is 6.54. The van der Waals surface area contributed by atoms with Gasteiger partial charge in [-0.2, -0.15) is 0 Å². The molecule has 0 aliphatic heterocycles. The summed E-state index contributed by atoms with van der Waals surface area (Å²) in [6.07, 6.45) is 2.39. The van der Waals surface area contributed by atoms with Crippen LogP contribution in [0.25, 0.3) is 0 Å². The van der Waals surface area contributed by atoms with Gasteiger partial charge in [0.15, 0.2) is 0 Å². The van der Waals surface area contributed by atoms with Gasteiger partial charge in [-0.3, -0.25) is 9.59 Å². The van der Waals surface area contributed by atoms with Crippen molar-refractivity contribution in [1.82, 2.24) is 10.2 Å². The van der Waals surface area contributed by atoms with Crippen molar-refractivity contribution in [2.75, 3.05) is 20.2 Å². The molecule has 1 aromatic rings. The van der Waals surface area contributed by atoms with E-state index in [-0.39, 0.29) is 55.4 Å². The molecular formula is C21H28N2O5. The quantitative estimate of drug-likeness (QED) is 0.725. The van der Waals surface area contributed by atoms with Crippen LogP contribution in [0.3, 0.4) is 0 Å². The molecule has 2 saturated carbocycles. The first kappa shape index (κ1) is 20.2. The van der Waals surface area contributed by atoms with Gasteiger partial charge in [-0.05, 0) is 43.6 Å². The number of rotatable bonds is 7. The molecule has 0 heterocycles. The SMILES string of the molecule is CCOC(=O)N(C)CC(=O)N[C@@H]1[C@H]2CC[C@@H](C2)[C@H]1C(=O)OCc1ccccc1. The number of carbonyl (C=O) groups excluding carboxylic acids is 3. The Hall–Kier alpha value is -2.57. The predicted molar refractivity (Wildman–Crippen MR) is 102 cm³/mol. The Bertz CT molecular complexity index is 708. The second-order valence-electron chi connectivity index (χ2n) is 7.60. The number of esters is 1. The molecule has 2 aliphatic rings. The Labute approximate surface area is 165 Å². The Morgan fingerprint density at radius 1 is 1.11 bits per heavy atom. The summed E-state index contributed by atoms with van der Waals surface area (Å²) in [7, 11) is 1.52. The van der Waals surface area contributed by atoms with Gasteiger partial charge in [0.2, 0.25) is 5.91 Å². The molecule has 0 unspecified atom stereocenters. The van der Waals surface area contributed by atoms with Crippen LogP contribution < -0.4 is 5.32 Å². The molecular weight excluding hydrogens is 360 g/mol. The van der Waals surface area contributed by atoms with Crippen LogP contribution in [0.1, 0.15) is 31.7 Å². The van der Waals surface area contributed by atoms with Crippen molar-refractivity contribution in [2.45, 2.75) is 38.8 Å². The first-order chi connectivity index (χ1) is 13.5. The number of nitrogens with zero attached hydrogens (tertiary/aromatic N) is 1. The second kappa shape index (κ2) is 9.08. The van der Waals surface area contributed by atoms with Crippen LogP contribution in [0.4, 0.5) is 4.79 Å². The molecule has 4 atom stereocenters. The summed E-state index contributed by atoms with van der Waals surface area (Å²) in [5, 5.41) is 2.98. The lowest BCUT2D eigenvalue weighted by Gasteiger charge is -2.30. The van der Waals surface area contributed by atoms with E-state index in [9.17, 15) is 14.4 Å². The topological polar surface area (TPSA) is 84.9 Å². The number of benzene rings is 1. The molecule has 2 bridgehead atoms. The van der Waals surface area contributed by atoms with Gasteiger partial charge in [0.1, 0.15) is 13.2 Å². The molecule has 7 nitrogen and oxygen atoms in total. The van der Waals surface area contributed by atoms with Gasteiger partial charge in [-0.1, -0.05) is 30.3 Å². The molecule has 1 N–H and O–H groups in total. The van der Waals surface area contributed by atoms with Crippen molar-refractivity contribution < 1.29 is 23.9 Å². The van der Waals surface area contributed by atoms with E-state index in [0.29, 0.717) is 0 Å². The highest BCUT2D eigenvalue weighted by molar-refractivity contribution is 5.83. The summed E-state index contributed by atoms with van der Waals surface area (Å²) >= 11 is 0. The van der Waals surface area contributed by atoms with Gasteiger partial charge in [0.05, 0.1) is 12.5 Å². The van der Waals surface area contributed by atoms with Gasteiger partial charge < -0.3 is 19.7 Å². The molecule has 0 aromatic heterocycles. The monoisotopic (exact) mass is 388 g/mol. The number of carbonyl (C=O) groups is 3. The zero-order valence-corrected chi connectivity index (χ0v) is 16.4. The van der Waals surface area contributed by atoms with E-state index in [1.165, 1.54) is 11.9 Å². The fourth-order valence-corrected chi connectivity index (χ4v) is 4.41. The summed E-state index contributed by atoms with van der Waals surface area (Å²) in [6.45, 7) is 2.11. The van der Waals surface area contributed by atoms with Gasteiger partial charge in [-0.25, -0.2) is 4.79 Å². The van der Waals surface area contributed by atoms with Crippen molar-refractivity contribution in [2.24, 2.45) is 17.8 Å². The van der Waals surface area contributed by atoms with Crippen LogP contribution in [0, 0.1) is 17.8 Å². The number of amides is 2. The second-order valence-corrected chi connectivity index (χ2v) is 7.60. The number of hydrogen-bond acceptors (Lipinski definition) is 5. The highest BCUT2D eigenvalue weighted by Crippen LogP contribution is 2.49. The molecule has 152 valence electrons. The Morgan fingerprint density at radius 3 is 2.54 bits per heavy atom. The average Bonchev–Trinajstić information content (AvgIpc) is 3.28. The summed E-state index contributed by atoms with van der Waals surface area (Å²) in [4.78, 5) is 38.1. The van der Waals surface area contributed by atoms with Crippen LogP contribution in [0.15, 0.2) is 30.3 Å². The minimum atomic E-state index is -0.538. The highest BCUT2D eigenvalue weighted by Gasteiger charge is 2.52. The van der Waals surface area contributed by atoms with E-state index < -0.39 is 6.09 Å². The number of nitrogens with one attached hydrogen (secondary N) is 1. The summed E-state index contributed by atoms with van der Waals surface area (Å²) in [5.74, 6) is -0.314. The fourth-order valence-electron chi connectivity index (χ4n) is 4.41. The third-order valence-corrected chi connectivity index (χ3v) is 5.70. The third-order valence-electron chi connectivity index (χ3n) is 5.70. The molecule has 7 heteroatoms. The largest absolute Gasteiger partial charge is 0.461 e. The first-order valence-electron chi connectivity index (χ1n) is 9.87. The summed E-state index contributed by atoms with van der Waals surface area (Å²) in [5.41, 5.74) is 0.940. The zero-order valence-electron chi connectivity index (χ0n) is 16.4. The van der Waals surface area contributed by atoms with Crippen LogP contribution >= 0.6 is 0 Å². The maximum Gasteiger partial charge on any atom is 0.409 e. The lowest BCUT2D eigenvalue weighted by atomic mass is 9.84. The first-order valence-corrected chi connectivity index (χ1v) is 9.87. The fraction of sp³-hybridized carbons (Fsp3) is 0.571. The Morgan fingerprint density at radius 2 is 1.82 bits per heavy atom. The maximum absolute atomic E-state index is 12.8. The van der Waals surface area contributed by atoms with Gasteiger partial charge in [0.25, 0.3) is 0 Å². The molecule has 2 fully saturated rings. The Balaban J connectivity index is 1.57. The maximum atomic E-state index is 12.8. The lowest BCUT2D eigenvalue weighted by Crippen LogP contribution is -2.50. The smallest absolute Gasteiger partial charge is 0.409 e. The number of likely N-dealkylation sites (N-methyl/N-ethyl adjacent to an activating group) is 1. The minimum absolute atomic E-state index is 0.0987. The molecule has 28 heavy (non-hydrogen) atoms. The van der Waals surface area contributed by atoms with Crippen molar-refractivity contribution in [3.05, 3.63) is 35.9 Å². The van der Waals surface area contributed by atoms with Gasteiger partial charge in [-0.15, -0.1) is 0 Å². The molecule has 2 aliphatic carbocycles. The van der Waals surface area contributed by atoms with Crippen molar-refractivity contribution in [3.63, 3.8) is 0 Å². The van der Waals surface area contributed by atoms with E-state index in [0.717, 1.165) is 24.8 Å². The van der Waals surface area contributed by atoms with Gasteiger partial charge in [0, 0.05) is 13.1 Å². The standard InChI is InChI=1S/C21H28N2O5/c1-3-27-21(26)23(2)12-17(24)22-19-16-10-9-15(11-16)18(19)20(25)28-13-14-7-5-4-6-8-14/h4-8,15-16,18-19H,3,9-13H2,1-2H3,(H,22,24)/t15-,16-,18+,19+/m0/s1. The normalized spacial score (nSPS) is 25.2. The highest BCUT2D eigenvalue weighted by atomic mass is 16.6. The summed E-state index contributed by atoms with van der Waals surface area (Å²) < 4.78 is 10.4. The molecule has 3 rings (SSSR count). The molecule has 1 aromatic carbocycles. The van der Waals surface area contributed by atoms with Crippen LogP contribution in [0.2, 0.25) is 0 Å². The number of ether oxygens (including phenoxy) is 2. The minimum Gasteiger partial charge on any atom is -0.461 e. The summed E-state index contributed by atoms with van der Waals surface area (Å²) in [6, 6.07) is 9.33. The van der Waals surface area contributed by atoms with E-state index in [1.54, 1.807) is 6.92 Å². The van der Waals surface area contributed by atoms with Crippen LogP contribution in [0.5, 0.6) is 0 Å². The lowest BCUT2D eigenvalue weighted by molar-refractivity contribution is -0.153. The molecule has 2 amide bonds. The van der Waals surface area contributed by atoms with E-state index >= 15 is 0 Å².